The molecule has 0 aliphatic rings. The molecule has 0 spiro atoms. The normalized spacial score (nSPS) is 10.6. The summed E-state index contributed by atoms with van der Waals surface area (Å²) in [6, 6.07) is 8.49. The van der Waals surface area contributed by atoms with Crippen molar-refractivity contribution in [2.75, 3.05) is 19.5 Å². The first-order valence-corrected chi connectivity index (χ1v) is 9.66. The lowest BCUT2D eigenvalue weighted by molar-refractivity contribution is 0.0601. The Kier molecular flexibility index (Phi) is 5.59. The minimum absolute atomic E-state index is 0.351. The lowest BCUT2D eigenvalue weighted by Crippen LogP contribution is -2.13. The van der Waals surface area contributed by atoms with E-state index in [-0.39, 0.29) is 5.91 Å². The van der Waals surface area contributed by atoms with E-state index in [1.807, 2.05) is 0 Å². The van der Waals surface area contributed by atoms with Crippen molar-refractivity contribution in [3.63, 3.8) is 0 Å². The van der Waals surface area contributed by atoms with E-state index in [0.717, 1.165) is 9.17 Å². The Morgan fingerprint density at radius 1 is 1.15 bits per heavy atom. The highest BCUT2D eigenvalue weighted by Gasteiger charge is 2.18. The standard InChI is InChI=1S/C17H12Br2N2O4S/c1-24-14-10(6-9(18)7-11(14)19)15(22)21-17-20-12-4-3-8(16(23)25-2)5-13(12)26-17/h3-7H,1-2H3,(H,20,21,22). The molecule has 1 N–H and O–H groups in total. The molecule has 0 radical (unpaired) electrons. The molecule has 1 heterocycles. The molecule has 0 fully saturated rings. The fraction of sp³-hybridized carbons (Fsp3) is 0.118. The molecule has 3 rings (SSSR count). The van der Waals surface area contributed by atoms with Crippen molar-refractivity contribution >= 4 is 70.4 Å². The van der Waals surface area contributed by atoms with Gasteiger partial charge in [-0.25, -0.2) is 9.78 Å². The maximum atomic E-state index is 12.7. The van der Waals surface area contributed by atoms with Gasteiger partial charge >= 0.3 is 5.97 Å². The molecule has 1 aromatic heterocycles. The second-order valence-electron chi connectivity index (χ2n) is 5.12. The third kappa shape index (κ3) is 3.74. The van der Waals surface area contributed by atoms with Crippen LogP contribution in [0.1, 0.15) is 20.7 Å². The first-order chi connectivity index (χ1) is 12.4. The number of thiazole rings is 1. The fourth-order valence-corrected chi connectivity index (χ4v) is 4.61. The van der Waals surface area contributed by atoms with Gasteiger partial charge in [0.2, 0.25) is 0 Å². The van der Waals surface area contributed by atoms with Crippen molar-refractivity contribution in [1.29, 1.82) is 0 Å². The average molecular weight is 500 g/mol. The summed E-state index contributed by atoms with van der Waals surface area (Å²) >= 11 is 8.01. The molecule has 0 saturated carbocycles. The Morgan fingerprint density at radius 2 is 1.92 bits per heavy atom. The first-order valence-electron chi connectivity index (χ1n) is 7.26. The van der Waals surface area contributed by atoms with E-state index >= 15 is 0 Å². The molecular formula is C17H12Br2N2O4S. The predicted molar refractivity (Wildman–Crippen MR) is 107 cm³/mol. The van der Waals surface area contributed by atoms with Crippen molar-refractivity contribution in [3.05, 3.63) is 50.4 Å². The van der Waals surface area contributed by atoms with Gasteiger partial charge in [-0.1, -0.05) is 27.3 Å². The highest BCUT2D eigenvalue weighted by atomic mass is 79.9. The Balaban J connectivity index is 1.92. The summed E-state index contributed by atoms with van der Waals surface area (Å²) in [4.78, 5) is 28.7. The van der Waals surface area contributed by atoms with Crippen LogP contribution in [0, 0.1) is 0 Å². The van der Waals surface area contributed by atoms with Crippen LogP contribution < -0.4 is 10.1 Å². The number of anilines is 1. The molecule has 6 nitrogen and oxygen atoms in total. The van der Waals surface area contributed by atoms with E-state index in [2.05, 4.69) is 42.2 Å². The van der Waals surface area contributed by atoms with Gasteiger partial charge in [-0.2, -0.15) is 0 Å². The van der Waals surface area contributed by atoms with Gasteiger partial charge in [0.15, 0.2) is 5.13 Å². The fourth-order valence-electron chi connectivity index (χ4n) is 2.32. The van der Waals surface area contributed by atoms with E-state index in [4.69, 9.17) is 9.47 Å². The van der Waals surface area contributed by atoms with Crippen LogP contribution in [0.25, 0.3) is 10.2 Å². The number of nitrogens with zero attached hydrogens (tertiary/aromatic N) is 1. The summed E-state index contributed by atoms with van der Waals surface area (Å²) in [6.45, 7) is 0. The number of methoxy groups -OCH3 is 2. The van der Waals surface area contributed by atoms with E-state index in [1.165, 1.54) is 25.6 Å². The topological polar surface area (TPSA) is 77.5 Å². The molecule has 0 aliphatic heterocycles. The van der Waals surface area contributed by atoms with Gasteiger partial charge < -0.3 is 9.47 Å². The second kappa shape index (κ2) is 7.73. The van der Waals surface area contributed by atoms with E-state index in [1.54, 1.807) is 30.3 Å². The van der Waals surface area contributed by atoms with Crippen molar-refractivity contribution in [2.24, 2.45) is 0 Å². The van der Waals surface area contributed by atoms with Crippen molar-refractivity contribution < 1.29 is 19.1 Å². The third-order valence-electron chi connectivity index (χ3n) is 3.49. The number of benzene rings is 2. The molecular weight excluding hydrogens is 488 g/mol. The third-order valence-corrected chi connectivity index (χ3v) is 5.47. The second-order valence-corrected chi connectivity index (χ2v) is 7.92. The van der Waals surface area contributed by atoms with Gasteiger partial charge in [-0.05, 0) is 46.3 Å². The van der Waals surface area contributed by atoms with Crippen molar-refractivity contribution in [1.82, 2.24) is 4.98 Å². The molecule has 0 atom stereocenters. The minimum atomic E-state index is -0.422. The molecule has 9 heteroatoms. The summed E-state index contributed by atoms with van der Waals surface area (Å²) < 4.78 is 12.2. The number of hydrogen-bond acceptors (Lipinski definition) is 6. The number of aromatic nitrogens is 1. The number of amides is 1. The largest absolute Gasteiger partial charge is 0.495 e. The van der Waals surface area contributed by atoms with Crippen LogP contribution in [0.4, 0.5) is 5.13 Å². The monoisotopic (exact) mass is 498 g/mol. The van der Waals surface area contributed by atoms with Crippen LogP contribution >= 0.6 is 43.2 Å². The molecule has 1 amide bonds. The average Bonchev–Trinajstić information content (AvgIpc) is 3.01. The molecule has 2 aromatic carbocycles. The summed E-state index contributed by atoms with van der Waals surface area (Å²) in [5.74, 6) is -0.342. The smallest absolute Gasteiger partial charge is 0.337 e. The number of carbonyl (C=O) groups excluding carboxylic acids is 2. The Labute approximate surface area is 169 Å². The van der Waals surface area contributed by atoms with Gasteiger partial charge in [0.25, 0.3) is 5.91 Å². The molecule has 3 aromatic rings. The van der Waals surface area contributed by atoms with Crippen LogP contribution in [0.15, 0.2) is 39.3 Å². The zero-order chi connectivity index (χ0) is 18.8. The lowest BCUT2D eigenvalue weighted by atomic mass is 10.2. The maximum Gasteiger partial charge on any atom is 0.337 e. The van der Waals surface area contributed by atoms with Crippen LogP contribution in [-0.4, -0.2) is 31.1 Å². The minimum Gasteiger partial charge on any atom is -0.495 e. The Bertz CT molecular complexity index is 1020. The van der Waals surface area contributed by atoms with E-state index in [9.17, 15) is 9.59 Å². The van der Waals surface area contributed by atoms with Crippen LogP contribution in [0.2, 0.25) is 0 Å². The van der Waals surface area contributed by atoms with E-state index in [0.29, 0.717) is 32.0 Å². The maximum absolute atomic E-state index is 12.7. The van der Waals surface area contributed by atoms with Gasteiger partial charge in [0.1, 0.15) is 5.75 Å². The number of esters is 1. The van der Waals surface area contributed by atoms with Gasteiger partial charge in [-0.15, -0.1) is 0 Å². The SMILES string of the molecule is COC(=O)c1ccc2nc(NC(=O)c3cc(Br)cc(Br)c3OC)sc2c1. The summed E-state index contributed by atoms with van der Waals surface area (Å²) in [5, 5.41) is 3.19. The number of rotatable bonds is 4. The number of nitrogens with one attached hydrogen (secondary N) is 1. The van der Waals surface area contributed by atoms with Crippen LogP contribution in [-0.2, 0) is 4.74 Å². The molecule has 134 valence electrons. The number of halogens is 2. The zero-order valence-corrected chi connectivity index (χ0v) is 17.6. The molecule has 26 heavy (non-hydrogen) atoms. The van der Waals surface area contributed by atoms with Crippen molar-refractivity contribution in [3.8, 4) is 5.75 Å². The molecule has 0 bridgehead atoms. The number of ether oxygens (including phenoxy) is 2. The van der Waals surface area contributed by atoms with Crippen LogP contribution in [0.5, 0.6) is 5.75 Å². The Morgan fingerprint density at radius 3 is 2.62 bits per heavy atom. The predicted octanol–water partition coefficient (Wildman–Crippen LogP) is 4.87. The quantitative estimate of drug-likeness (QED) is 0.518. The molecule has 0 aliphatic carbocycles. The molecule has 0 unspecified atom stereocenters. The summed E-state index contributed by atoms with van der Waals surface area (Å²) in [7, 11) is 2.82. The first kappa shape index (κ1) is 18.8. The summed E-state index contributed by atoms with van der Waals surface area (Å²) in [5.41, 5.74) is 1.47. The lowest BCUT2D eigenvalue weighted by Gasteiger charge is -2.10. The van der Waals surface area contributed by atoms with E-state index < -0.39 is 5.97 Å². The van der Waals surface area contributed by atoms with Crippen molar-refractivity contribution in [2.45, 2.75) is 0 Å². The van der Waals surface area contributed by atoms with Gasteiger partial charge in [-0.3, -0.25) is 10.1 Å². The van der Waals surface area contributed by atoms with Crippen LogP contribution in [0.3, 0.4) is 0 Å². The number of carbonyl (C=O) groups is 2. The highest BCUT2D eigenvalue weighted by molar-refractivity contribution is 9.11. The number of fused-ring (bicyclic) bond motifs is 1. The van der Waals surface area contributed by atoms with Gasteiger partial charge in [0, 0.05) is 4.47 Å². The van der Waals surface area contributed by atoms with Gasteiger partial charge in [0.05, 0.1) is 40.0 Å². The highest BCUT2D eigenvalue weighted by Crippen LogP contribution is 2.34. The summed E-state index contributed by atoms with van der Waals surface area (Å²) in [6.07, 6.45) is 0. The Hall–Kier alpha value is -1.97. The number of hydrogen-bond donors (Lipinski definition) is 1. The zero-order valence-electron chi connectivity index (χ0n) is 13.6. The molecule has 0 saturated heterocycles.